The van der Waals surface area contributed by atoms with E-state index in [1.807, 2.05) is 25.1 Å². The first-order valence-corrected chi connectivity index (χ1v) is 12.1. The quantitative estimate of drug-likeness (QED) is 0.444. The van der Waals surface area contributed by atoms with Crippen molar-refractivity contribution in [2.24, 2.45) is 5.92 Å². The maximum Gasteiger partial charge on any atom is 0.261 e. The number of aryl methyl sites for hydroxylation is 1. The predicted molar refractivity (Wildman–Crippen MR) is 127 cm³/mol. The van der Waals surface area contributed by atoms with Crippen LogP contribution in [0.1, 0.15) is 23.5 Å². The minimum atomic E-state index is -3.70. The van der Waals surface area contributed by atoms with Gasteiger partial charge in [-0.2, -0.15) is 0 Å². The Hall–Kier alpha value is -3.78. The zero-order chi connectivity index (χ0) is 23.0. The van der Waals surface area contributed by atoms with Crippen molar-refractivity contribution in [3.05, 3.63) is 90.5 Å². The zero-order valence-electron chi connectivity index (χ0n) is 17.9. The molecule has 1 amide bonds. The third kappa shape index (κ3) is 4.42. The maximum atomic E-state index is 12.8. The lowest BCUT2D eigenvalue weighted by molar-refractivity contribution is -0.117. The molecular weight excluding hydrogens is 436 g/mol. The van der Waals surface area contributed by atoms with Gasteiger partial charge in [0.15, 0.2) is 0 Å². The van der Waals surface area contributed by atoms with Gasteiger partial charge in [0, 0.05) is 35.6 Å². The summed E-state index contributed by atoms with van der Waals surface area (Å²) in [6, 6.07) is 15.8. The van der Waals surface area contributed by atoms with E-state index in [9.17, 15) is 13.2 Å². The molecule has 4 aromatic rings. The van der Waals surface area contributed by atoms with Crippen LogP contribution >= 0.6 is 0 Å². The zero-order valence-corrected chi connectivity index (χ0v) is 18.7. The molecule has 7 nitrogen and oxygen atoms in total. The molecule has 1 aliphatic rings. The van der Waals surface area contributed by atoms with E-state index in [2.05, 4.69) is 20.0 Å². The van der Waals surface area contributed by atoms with E-state index < -0.39 is 10.0 Å². The fraction of sp³-hybridized carbons (Fsp3) is 0.160. The van der Waals surface area contributed by atoms with Gasteiger partial charge < -0.3 is 5.32 Å². The van der Waals surface area contributed by atoms with Crippen LogP contribution in [0.25, 0.3) is 10.8 Å². The highest BCUT2D eigenvalue weighted by atomic mass is 32.2. The molecule has 1 aliphatic carbocycles. The van der Waals surface area contributed by atoms with Gasteiger partial charge in [0.25, 0.3) is 10.0 Å². The smallest absolute Gasteiger partial charge is 0.261 e. The highest BCUT2D eigenvalue weighted by Crippen LogP contribution is 2.48. The molecule has 2 atom stereocenters. The van der Waals surface area contributed by atoms with Crippen LogP contribution in [0, 0.1) is 12.8 Å². The summed E-state index contributed by atoms with van der Waals surface area (Å²) in [5.41, 5.74) is 3.17. The number of carbonyl (C=O) groups excluding carboxylic acids is 1. The molecule has 0 spiro atoms. The lowest BCUT2D eigenvalue weighted by Gasteiger charge is -2.09. The van der Waals surface area contributed by atoms with Gasteiger partial charge in [0.1, 0.15) is 0 Å². The molecule has 0 bridgehead atoms. The van der Waals surface area contributed by atoms with Gasteiger partial charge in [-0.25, -0.2) is 8.42 Å². The van der Waals surface area contributed by atoms with Crippen molar-refractivity contribution in [2.45, 2.75) is 24.2 Å². The fourth-order valence-electron chi connectivity index (χ4n) is 4.01. The Morgan fingerprint density at radius 1 is 0.970 bits per heavy atom. The third-order valence-electron chi connectivity index (χ3n) is 5.89. The molecule has 1 fully saturated rings. The number of anilines is 2. The predicted octanol–water partition coefficient (Wildman–Crippen LogP) is 4.48. The molecule has 166 valence electrons. The average Bonchev–Trinajstić information content (AvgIpc) is 3.61. The summed E-state index contributed by atoms with van der Waals surface area (Å²) in [5, 5.41) is 5.11. The highest BCUT2D eigenvalue weighted by Gasteiger charge is 2.44. The monoisotopic (exact) mass is 458 g/mol. The van der Waals surface area contributed by atoms with Crippen molar-refractivity contribution in [3.8, 4) is 0 Å². The summed E-state index contributed by atoms with van der Waals surface area (Å²) in [6.07, 6.45) is 7.38. The van der Waals surface area contributed by atoms with E-state index in [4.69, 9.17) is 0 Å². The van der Waals surface area contributed by atoms with Crippen LogP contribution in [0.2, 0.25) is 0 Å². The van der Waals surface area contributed by atoms with Gasteiger partial charge >= 0.3 is 0 Å². The van der Waals surface area contributed by atoms with Crippen molar-refractivity contribution >= 4 is 38.1 Å². The molecule has 5 rings (SSSR count). The Balaban J connectivity index is 1.25. The van der Waals surface area contributed by atoms with Crippen LogP contribution in [-0.4, -0.2) is 24.3 Å². The van der Waals surface area contributed by atoms with Crippen LogP contribution in [0.3, 0.4) is 0 Å². The van der Waals surface area contributed by atoms with Crippen LogP contribution in [0.5, 0.6) is 0 Å². The number of fused-ring (bicyclic) bond motifs is 1. The second-order valence-electron chi connectivity index (χ2n) is 8.25. The van der Waals surface area contributed by atoms with Crippen LogP contribution in [0.15, 0.2) is 84.3 Å². The highest BCUT2D eigenvalue weighted by molar-refractivity contribution is 7.92. The number of sulfonamides is 1. The average molecular weight is 459 g/mol. The standard InChI is InChI=1S/C25H22N4O3S/c1-16-13-27-14-18-4-7-19(11-22(16)18)28-25(30)24-12-23(24)17-5-8-21(9-6-17)33(31,32)29-20-3-2-10-26-15-20/h2-11,13-15,23-24,29H,12H2,1H3,(H,28,30)/t23-,24+/m0/s1. The molecule has 1 saturated carbocycles. The first kappa shape index (κ1) is 21.1. The molecule has 2 N–H and O–H groups in total. The van der Waals surface area contributed by atoms with Crippen molar-refractivity contribution in [2.75, 3.05) is 10.0 Å². The minimum absolute atomic E-state index is 0.0269. The molecule has 2 aromatic heterocycles. The van der Waals surface area contributed by atoms with E-state index in [1.54, 1.807) is 55.0 Å². The van der Waals surface area contributed by atoms with Crippen molar-refractivity contribution < 1.29 is 13.2 Å². The Morgan fingerprint density at radius 3 is 2.55 bits per heavy atom. The number of rotatable bonds is 6. The number of nitrogens with one attached hydrogen (secondary N) is 2. The van der Waals surface area contributed by atoms with Gasteiger partial charge in [-0.05, 0) is 72.2 Å². The third-order valence-corrected chi connectivity index (χ3v) is 7.28. The van der Waals surface area contributed by atoms with E-state index in [0.717, 1.165) is 34.0 Å². The van der Waals surface area contributed by atoms with E-state index >= 15 is 0 Å². The van der Waals surface area contributed by atoms with Gasteiger partial charge in [-0.1, -0.05) is 18.2 Å². The van der Waals surface area contributed by atoms with E-state index in [0.29, 0.717) is 5.69 Å². The fourth-order valence-corrected chi connectivity index (χ4v) is 5.05. The molecule has 0 unspecified atom stereocenters. The summed E-state index contributed by atoms with van der Waals surface area (Å²) in [7, 11) is -3.70. The summed E-state index contributed by atoms with van der Waals surface area (Å²) < 4.78 is 27.7. The van der Waals surface area contributed by atoms with Crippen LogP contribution in [0.4, 0.5) is 11.4 Å². The lowest BCUT2D eigenvalue weighted by Crippen LogP contribution is -2.14. The van der Waals surface area contributed by atoms with E-state index in [-0.39, 0.29) is 22.6 Å². The van der Waals surface area contributed by atoms with E-state index in [1.165, 1.54) is 6.20 Å². The number of hydrogen-bond acceptors (Lipinski definition) is 5. The van der Waals surface area contributed by atoms with Gasteiger partial charge in [0.2, 0.25) is 5.91 Å². The maximum absolute atomic E-state index is 12.8. The molecule has 0 radical (unpaired) electrons. The second-order valence-corrected chi connectivity index (χ2v) is 9.93. The Morgan fingerprint density at radius 2 is 1.79 bits per heavy atom. The SMILES string of the molecule is Cc1cncc2ccc(NC(=O)[C@@H]3C[C@H]3c3ccc(S(=O)(=O)Nc4cccnc4)cc3)cc12. The second kappa shape index (κ2) is 8.29. The minimum Gasteiger partial charge on any atom is -0.326 e. The topological polar surface area (TPSA) is 101 Å². The summed E-state index contributed by atoms with van der Waals surface area (Å²) in [5.74, 6) is -0.0735. The number of pyridine rings is 2. The Kier molecular flexibility index (Phi) is 5.30. The number of amides is 1. The van der Waals surface area contributed by atoms with Crippen molar-refractivity contribution in [1.82, 2.24) is 9.97 Å². The normalized spacial score (nSPS) is 17.5. The first-order valence-electron chi connectivity index (χ1n) is 10.6. The largest absolute Gasteiger partial charge is 0.326 e. The van der Waals surface area contributed by atoms with Crippen LogP contribution < -0.4 is 10.0 Å². The summed E-state index contributed by atoms with van der Waals surface area (Å²) >= 11 is 0. The number of hydrogen-bond donors (Lipinski definition) is 2. The summed E-state index contributed by atoms with van der Waals surface area (Å²) in [6.45, 7) is 1.99. The molecule has 0 saturated heterocycles. The first-order chi connectivity index (χ1) is 15.9. The van der Waals surface area contributed by atoms with Gasteiger partial charge in [0.05, 0.1) is 16.8 Å². The molecule has 8 heteroatoms. The van der Waals surface area contributed by atoms with Crippen LogP contribution in [-0.2, 0) is 14.8 Å². The Bertz CT molecular complexity index is 1440. The molecule has 2 heterocycles. The number of nitrogens with zero attached hydrogens (tertiary/aromatic N) is 2. The number of carbonyl (C=O) groups is 1. The molecule has 33 heavy (non-hydrogen) atoms. The van der Waals surface area contributed by atoms with Gasteiger partial charge in [-0.3, -0.25) is 19.5 Å². The molecular formula is C25H22N4O3S. The summed E-state index contributed by atoms with van der Waals surface area (Å²) in [4.78, 5) is 21.0. The molecule has 0 aliphatic heterocycles. The lowest BCUT2D eigenvalue weighted by atomic mass is 10.1. The van der Waals surface area contributed by atoms with Crippen molar-refractivity contribution in [1.29, 1.82) is 0 Å². The van der Waals surface area contributed by atoms with Gasteiger partial charge in [-0.15, -0.1) is 0 Å². The molecule has 2 aromatic carbocycles. The van der Waals surface area contributed by atoms with Crippen molar-refractivity contribution in [3.63, 3.8) is 0 Å². The number of benzene rings is 2. The Labute approximate surface area is 192 Å². The number of aromatic nitrogens is 2.